The zero-order valence-electron chi connectivity index (χ0n) is 13.8. The Labute approximate surface area is 145 Å². The van der Waals surface area contributed by atoms with Gasteiger partial charge in [0.25, 0.3) is 11.5 Å². The molecule has 1 heterocycles. The molecule has 0 atom stereocenters. The number of nitrogens with one attached hydrogen (secondary N) is 1. The van der Waals surface area contributed by atoms with Crippen molar-refractivity contribution in [1.29, 1.82) is 0 Å². The number of carbonyl (C=O) groups is 1. The van der Waals surface area contributed by atoms with Gasteiger partial charge in [-0.25, -0.2) is 0 Å². The number of hydrogen-bond donors (Lipinski definition) is 1. The highest BCUT2D eigenvalue weighted by Gasteiger charge is 2.06. The van der Waals surface area contributed by atoms with E-state index in [1.807, 2.05) is 30.3 Å². The number of methoxy groups -OCH3 is 1. The minimum absolute atomic E-state index is 0.0422. The van der Waals surface area contributed by atoms with Crippen molar-refractivity contribution in [3.8, 4) is 5.75 Å². The molecule has 0 saturated heterocycles. The largest absolute Gasteiger partial charge is 0.497 e. The molecule has 0 aliphatic heterocycles. The summed E-state index contributed by atoms with van der Waals surface area (Å²) in [5, 5.41) is 2.85. The molecular formula is C20H18N2O3. The molecule has 126 valence electrons. The number of anilines is 1. The lowest BCUT2D eigenvalue weighted by atomic mass is 10.1. The fraction of sp³-hybridized carbons (Fsp3) is 0.100. The second-order valence-electron chi connectivity index (χ2n) is 5.55. The van der Waals surface area contributed by atoms with Gasteiger partial charge in [0, 0.05) is 23.5 Å². The summed E-state index contributed by atoms with van der Waals surface area (Å²) in [4.78, 5) is 24.0. The Morgan fingerprint density at radius 3 is 2.36 bits per heavy atom. The van der Waals surface area contributed by atoms with Gasteiger partial charge >= 0.3 is 0 Å². The van der Waals surface area contributed by atoms with E-state index in [0.29, 0.717) is 23.5 Å². The fourth-order valence-corrected chi connectivity index (χ4v) is 2.43. The second kappa shape index (κ2) is 7.49. The van der Waals surface area contributed by atoms with Gasteiger partial charge in [-0.05, 0) is 48.0 Å². The highest BCUT2D eigenvalue weighted by atomic mass is 16.5. The van der Waals surface area contributed by atoms with Crippen molar-refractivity contribution < 1.29 is 9.53 Å². The number of hydrogen-bond acceptors (Lipinski definition) is 3. The van der Waals surface area contributed by atoms with Crippen LogP contribution in [-0.4, -0.2) is 17.6 Å². The van der Waals surface area contributed by atoms with Crippen LogP contribution in [0.2, 0.25) is 0 Å². The maximum Gasteiger partial charge on any atom is 0.255 e. The molecule has 0 aliphatic carbocycles. The van der Waals surface area contributed by atoms with Crippen molar-refractivity contribution >= 4 is 11.6 Å². The summed E-state index contributed by atoms with van der Waals surface area (Å²) in [5.41, 5.74) is 2.20. The molecule has 1 aromatic heterocycles. The molecule has 1 amide bonds. The Morgan fingerprint density at radius 2 is 1.72 bits per heavy atom. The maximum absolute atomic E-state index is 12.2. The van der Waals surface area contributed by atoms with Gasteiger partial charge < -0.3 is 14.6 Å². The molecule has 5 nitrogen and oxygen atoms in total. The van der Waals surface area contributed by atoms with E-state index in [2.05, 4.69) is 5.32 Å². The normalized spacial score (nSPS) is 10.3. The third kappa shape index (κ3) is 4.14. The number of aromatic nitrogens is 1. The lowest BCUT2D eigenvalue weighted by molar-refractivity contribution is 0.102. The molecule has 0 aliphatic rings. The standard InChI is InChI=1S/C20H18N2O3/c1-25-18-11-7-16(8-12-18)20(24)21-17-9-5-15(6-10-17)14-22-13-3-2-4-19(22)23/h2-13H,14H2,1H3,(H,21,24). The highest BCUT2D eigenvalue weighted by Crippen LogP contribution is 2.15. The first-order chi connectivity index (χ1) is 12.2. The summed E-state index contributed by atoms with van der Waals surface area (Å²) in [6.07, 6.45) is 1.75. The lowest BCUT2D eigenvalue weighted by Gasteiger charge is -2.08. The van der Waals surface area contributed by atoms with Gasteiger partial charge in [0.2, 0.25) is 0 Å². The molecule has 3 rings (SSSR count). The van der Waals surface area contributed by atoms with Gasteiger partial charge in [0.1, 0.15) is 5.75 Å². The molecule has 2 aromatic carbocycles. The van der Waals surface area contributed by atoms with Crippen molar-refractivity contribution in [2.24, 2.45) is 0 Å². The van der Waals surface area contributed by atoms with Crippen LogP contribution in [0.3, 0.4) is 0 Å². The molecule has 0 bridgehead atoms. The molecule has 3 aromatic rings. The van der Waals surface area contributed by atoms with Crippen molar-refractivity contribution in [1.82, 2.24) is 4.57 Å². The molecule has 0 unspecified atom stereocenters. The van der Waals surface area contributed by atoms with Gasteiger partial charge in [-0.15, -0.1) is 0 Å². The summed E-state index contributed by atoms with van der Waals surface area (Å²) < 4.78 is 6.71. The van der Waals surface area contributed by atoms with E-state index in [9.17, 15) is 9.59 Å². The Kier molecular flexibility index (Phi) is 4.95. The predicted molar refractivity (Wildman–Crippen MR) is 97.2 cm³/mol. The number of nitrogens with zero attached hydrogens (tertiary/aromatic N) is 1. The average molecular weight is 334 g/mol. The number of amides is 1. The molecule has 25 heavy (non-hydrogen) atoms. The molecule has 5 heteroatoms. The Morgan fingerprint density at radius 1 is 1.00 bits per heavy atom. The first-order valence-corrected chi connectivity index (χ1v) is 7.85. The molecular weight excluding hydrogens is 316 g/mol. The number of pyridine rings is 1. The van der Waals surface area contributed by atoms with Crippen LogP contribution >= 0.6 is 0 Å². The zero-order valence-corrected chi connectivity index (χ0v) is 13.8. The van der Waals surface area contributed by atoms with Crippen LogP contribution in [0.5, 0.6) is 5.75 Å². The third-order valence-electron chi connectivity index (χ3n) is 3.82. The summed E-state index contributed by atoms with van der Waals surface area (Å²) in [7, 11) is 1.58. The number of benzene rings is 2. The molecule has 0 fully saturated rings. The van der Waals surface area contributed by atoms with Crippen LogP contribution in [0.25, 0.3) is 0 Å². The van der Waals surface area contributed by atoms with Gasteiger partial charge in [-0.1, -0.05) is 18.2 Å². The van der Waals surface area contributed by atoms with E-state index < -0.39 is 0 Å². The Balaban J connectivity index is 1.66. The minimum atomic E-state index is -0.185. The maximum atomic E-state index is 12.2. The van der Waals surface area contributed by atoms with E-state index in [1.165, 1.54) is 6.07 Å². The number of carbonyl (C=O) groups excluding carboxylic acids is 1. The zero-order chi connectivity index (χ0) is 17.6. The molecule has 0 saturated carbocycles. The van der Waals surface area contributed by atoms with E-state index in [4.69, 9.17) is 4.74 Å². The lowest BCUT2D eigenvalue weighted by Crippen LogP contribution is -2.18. The van der Waals surface area contributed by atoms with Crippen LogP contribution in [-0.2, 0) is 6.54 Å². The third-order valence-corrected chi connectivity index (χ3v) is 3.82. The van der Waals surface area contributed by atoms with Crippen LogP contribution < -0.4 is 15.6 Å². The van der Waals surface area contributed by atoms with E-state index in [0.717, 1.165) is 5.56 Å². The summed E-state index contributed by atoms with van der Waals surface area (Å²) >= 11 is 0. The topological polar surface area (TPSA) is 60.3 Å². The average Bonchev–Trinajstić information content (AvgIpc) is 2.65. The Bertz CT molecular complexity index is 913. The summed E-state index contributed by atoms with van der Waals surface area (Å²) in [5.74, 6) is 0.520. The SMILES string of the molecule is COc1ccc(C(=O)Nc2ccc(Cn3ccccc3=O)cc2)cc1. The van der Waals surface area contributed by atoms with Crippen molar-refractivity contribution in [3.05, 3.63) is 94.4 Å². The number of rotatable bonds is 5. The molecule has 1 N–H and O–H groups in total. The van der Waals surface area contributed by atoms with Gasteiger partial charge in [0.05, 0.1) is 13.7 Å². The van der Waals surface area contributed by atoms with E-state index in [1.54, 1.807) is 48.2 Å². The monoisotopic (exact) mass is 334 g/mol. The minimum Gasteiger partial charge on any atom is -0.497 e. The van der Waals surface area contributed by atoms with Gasteiger partial charge in [-0.2, -0.15) is 0 Å². The van der Waals surface area contributed by atoms with Crippen LogP contribution in [0.1, 0.15) is 15.9 Å². The highest BCUT2D eigenvalue weighted by molar-refractivity contribution is 6.04. The summed E-state index contributed by atoms with van der Waals surface area (Å²) in [6.45, 7) is 0.492. The fourth-order valence-electron chi connectivity index (χ4n) is 2.43. The van der Waals surface area contributed by atoms with E-state index >= 15 is 0 Å². The first-order valence-electron chi connectivity index (χ1n) is 7.85. The van der Waals surface area contributed by atoms with Crippen LogP contribution in [0, 0.1) is 0 Å². The number of ether oxygens (including phenoxy) is 1. The van der Waals surface area contributed by atoms with Crippen molar-refractivity contribution in [3.63, 3.8) is 0 Å². The smallest absolute Gasteiger partial charge is 0.255 e. The quantitative estimate of drug-likeness (QED) is 0.780. The van der Waals surface area contributed by atoms with Gasteiger partial charge in [-0.3, -0.25) is 9.59 Å². The summed E-state index contributed by atoms with van der Waals surface area (Å²) in [6, 6.07) is 19.4. The molecule has 0 radical (unpaired) electrons. The van der Waals surface area contributed by atoms with Crippen molar-refractivity contribution in [2.45, 2.75) is 6.54 Å². The predicted octanol–water partition coefficient (Wildman–Crippen LogP) is 3.16. The van der Waals surface area contributed by atoms with Crippen LogP contribution in [0.15, 0.2) is 77.7 Å². The van der Waals surface area contributed by atoms with E-state index in [-0.39, 0.29) is 11.5 Å². The first kappa shape index (κ1) is 16.5. The molecule has 0 spiro atoms. The van der Waals surface area contributed by atoms with Crippen molar-refractivity contribution in [2.75, 3.05) is 12.4 Å². The van der Waals surface area contributed by atoms with Crippen LogP contribution in [0.4, 0.5) is 5.69 Å². The Hall–Kier alpha value is -3.34. The van der Waals surface area contributed by atoms with Gasteiger partial charge in [0.15, 0.2) is 0 Å². The second-order valence-corrected chi connectivity index (χ2v) is 5.55.